The van der Waals surface area contributed by atoms with Gasteiger partial charge in [0, 0.05) is 16.7 Å². The van der Waals surface area contributed by atoms with Crippen LogP contribution in [-0.2, 0) is 17.8 Å². The molecule has 1 aromatic carbocycles. The second-order valence-corrected chi connectivity index (χ2v) is 7.89. The molecule has 1 aromatic heterocycles. The van der Waals surface area contributed by atoms with Crippen molar-refractivity contribution in [3.8, 4) is 0 Å². The fourth-order valence-electron chi connectivity index (χ4n) is 1.88. The van der Waals surface area contributed by atoms with Crippen LogP contribution in [0.2, 0.25) is 0 Å². The third-order valence-corrected chi connectivity index (χ3v) is 4.66. The van der Waals surface area contributed by atoms with Crippen molar-refractivity contribution in [2.75, 3.05) is 0 Å². The molecule has 3 nitrogen and oxygen atoms in total. The molecule has 4 heteroatoms. The van der Waals surface area contributed by atoms with Crippen molar-refractivity contribution >= 4 is 22.3 Å². The molecule has 2 rings (SSSR count). The van der Waals surface area contributed by atoms with Gasteiger partial charge < -0.3 is 8.97 Å². The van der Waals surface area contributed by atoms with Crippen LogP contribution in [0.25, 0.3) is 11.0 Å². The lowest BCUT2D eigenvalue weighted by atomic mass is 10.1. The van der Waals surface area contributed by atoms with E-state index < -0.39 is 11.4 Å². The Morgan fingerprint density at radius 2 is 2.05 bits per heavy atom. The quantitative estimate of drug-likeness (QED) is 0.872. The fraction of sp³-hybridized carbons (Fsp3) is 0.467. The first kappa shape index (κ1) is 14.4. The van der Waals surface area contributed by atoms with Crippen molar-refractivity contribution < 1.29 is 8.97 Å². The van der Waals surface area contributed by atoms with E-state index in [-0.39, 0.29) is 10.8 Å². The maximum absolute atomic E-state index is 12.0. The normalized spacial score (nSPS) is 15.6. The zero-order valence-electron chi connectivity index (χ0n) is 11.9. The van der Waals surface area contributed by atoms with Crippen molar-refractivity contribution in [3.05, 3.63) is 36.1 Å². The second kappa shape index (κ2) is 5.57. The standard InChI is InChI=1S/C15H21NO2S/c1-11(16-19(17)15(2,3)4)9-12-5-6-13-7-8-18-14(13)10-12/h5-8,10-11,16H,9H2,1-4H3/t11?,19-/m0/s1. The van der Waals surface area contributed by atoms with Gasteiger partial charge in [-0.05, 0) is 51.8 Å². The topological polar surface area (TPSA) is 48.2 Å². The van der Waals surface area contributed by atoms with Gasteiger partial charge in [-0.15, -0.1) is 4.72 Å². The van der Waals surface area contributed by atoms with Crippen molar-refractivity contribution in [2.24, 2.45) is 0 Å². The molecule has 2 aromatic rings. The summed E-state index contributed by atoms with van der Waals surface area (Å²) in [4.78, 5) is 0. The van der Waals surface area contributed by atoms with Gasteiger partial charge in [-0.25, -0.2) is 0 Å². The Hall–Kier alpha value is -0.970. The van der Waals surface area contributed by atoms with Crippen LogP contribution in [0, 0.1) is 0 Å². The molecule has 1 unspecified atom stereocenters. The second-order valence-electron chi connectivity index (χ2n) is 5.90. The molecule has 0 aliphatic heterocycles. The van der Waals surface area contributed by atoms with Crippen LogP contribution in [0.15, 0.2) is 34.9 Å². The average molecular weight is 279 g/mol. The number of rotatable bonds is 4. The Labute approximate surface area is 117 Å². The summed E-state index contributed by atoms with van der Waals surface area (Å²) in [6.45, 7) is 7.96. The summed E-state index contributed by atoms with van der Waals surface area (Å²) in [5.41, 5.74) is 2.09. The summed E-state index contributed by atoms with van der Waals surface area (Å²) < 4.78 is 20.3. The molecule has 104 valence electrons. The molecule has 0 aliphatic carbocycles. The molecule has 2 atom stereocenters. The fourth-order valence-corrected chi connectivity index (χ4v) is 2.68. The van der Waals surface area contributed by atoms with E-state index in [9.17, 15) is 4.55 Å². The van der Waals surface area contributed by atoms with Gasteiger partial charge in [0.05, 0.1) is 12.3 Å². The monoisotopic (exact) mass is 279 g/mol. The highest BCUT2D eigenvalue weighted by Gasteiger charge is 2.27. The van der Waals surface area contributed by atoms with Gasteiger partial charge >= 0.3 is 0 Å². The Morgan fingerprint density at radius 3 is 2.74 bits per heavy atom. The number of furan rings is 1. The van der Waals surface area contributed by atoms with Gasteiger partial charge in [0.1, 0.15) is 10.3 Å². The predicted molar refractivity (Wildman–Crippen MR) is 80.4 cm³/mol. The van der Waals surface area contributed by atoms with Crippen molar-refractivity contribution in [1.29, 1.82) is 0 Å². The highest BCUT2D eigenvalue weighted by molar-refractivity contribution is 7.90. The molecule has 0 bridgehead atoms. The SMILES string of the molecule is CC(Cc1ccc2ccoc2c1)N[S@@+]([O-])C(C)(C)C. The van der Waals surface area contributed by atoms with E-state index in [1.165, 1.54) is 5.56 Å². The third kappa shape index (κ3) is 3.75. The Morgan fingerprint density at radius 1 is 1.32 bits per heavy atom. The number of fused-ring (bicyclic) bond motifs is 1. The molecule has 0 amide bonds. The molecule has 0 saturated heterocycles. The summed E-state index contributed by atoms with van der Waals surface area (Å²) in [5.74, 6) is 0. The lowest BCUT2D eigenvalue weighted by molar-refractivity contribution is 0.526. The van der Waals surface area contributed by atoms with E-state index in [4.69, 9.17) is 4.42 Å². The van der Waals surface area contributed by atoms with Crippen LogP contribution >= 0.6 is 0 Å². The van der Waals surface area contributed by atoms with Crippen molar-refractivity contribution in [3.63, 3.8) is 0 Å². The molecule has 0 radical (unpaired) electrons. The van der Waals surface area contributed by atoms with E-state index >= 15 is 0 Å². The first-order valence-electron chi connectivity index (χ1n) is 6.50. The zero-order valence-corrected chi connectivity index (χ0v) is 12.7. The first-order valence-corrected chi connectivity index (χ1v) is 7.65. The van der Waals surface area contributed by atoms with Crippen LogP contribution in [0.1, 0.15) is 33.3 Å². The molecule has 1 N–H and O–H groups in total. The molecular weight excluding hydrogens is 258 g/mol. The molecule has 1 heterocycles. The lowest BCUT2D eigenvalue weighted by Crippen LogP contribution is -2.44. The van der Waals surface area contributed by atoms with Gasteiger partial charge in [-0.3, -0.25) is 0 Å². The highest BCUT2D eigenvalue weighted by Crippen LogP contribution is 2.19. The summed E-state index contributed by atoms with van der Waals surface area (Å²) in [7, 11) is 0. The van der Waals surface area contributed by atoms with Gasteiger partial charge in [-0.1, -0.05) is 12.1 Å². The summed E-state index contributed by atoms with van der Waals surface area (Å²) in [6, 6.07) is 8.31. The molecule has 0 fully saturated rings. The first-order chi connectivity index (χ1) is 8.86. The summed E-state index contributed by atoms with van der Waals surface area (Å²) in [6.07, 6.45) is 2.53. The molecule has 0 aliphatic rings. The van der Waals surface area contributed by atoms with Crippen molar-refractivity contribution in [2.45, 2.75) is 44.9 Å². The van der Waals surface area contributed by atoms with Crippen LogP contribution in [0.4, 0.5) is 0 Å². The van der Waals surface area contributed by atoms with Gasteiger partial charge in [0.25, 0.3) is 0 Å². The van der Waals surface area contributed by atoms with E-state index in [1.54, 1.807) is 6.26 Å². The predicted octanol–water partition coefficient (Wildman–Crippen LogP) is 3.42. The maximum atomic E-state index is 12.0. The van der Waals surface area contributed by atoms with Crippen LogP contribution in [0.5, 0.6) is 0 Å². The van der Waals surface area contributed by atoms with Crippen LogP contribution in [0.3, 0.4) is 0 Å². The maximum Gasteiger partial charge on any atom is 0.136 e. The number of nitrogens with one attached hydrogen (secondary N) is 1. The van der Waals surface area contributed by atoms with Crippen LogP contribution < -0.4 is 4.72 Å². The zero-order chi connectivity index (χ0) is 14.0. The van der Waals surface area contributed by atoms with E-state index in [1.807, 2.05) is 32.9 Å². The minimum Gasteiger partial charge on any atom is -0.598 e. The average Bonchev–Trinajstić information content (AvgIpc) is 2.74. The Kier molecular flexibility index (Phi) is 4.23. The lowest BCUT2D eigenvalue weighted by Gasteiger charge is -2.26. The van der Waals surface area contributed by atoms with E-state index in [0.717, 1.165) is 17.4 Å². The van der Waals surface area contributed by atoms with E-state index in [0.29, 0.717) is 0 Å². The highest BCUT2D eigenvalue weighted by atomic mass is 32.2. The number of hydrogen-bond acceptors (Lipinski definition) is 3. The minimum atomic E-state index is -1.03. The molecule has 0 saturated carbocycles. The Bertz CT molecular complexity index is 544. The smallest absolute Gasteiger partial charge is 0.136 e. The molecule has 19 heavy (non-hydrogen) atoms. The number of benzene rings is 1. The number of hydrogen-bond donors (Lipinski definition) is 1. The summed E-state index contributed by atoms with van der Waals surface area (Å²) in [5, 5.41) is 1.11. The third-order valence-electron chi connectivity index (χ3n) is 2.93. The van der Waals surface area contributed by atoms with Crippen molar-refractivity contribution in [1.82, 2.24) is 4.72 Å². The van der Waals surface area contributed by atoms with E-state index in [2.05, 4.69) is 23.8 Å². The largest absolute Gasteiger partial charge is 0.598 e. The molecule has 0 spiro atoms. The summed E-state index contributed by atoms with van der Waals surface area (Å²) >= 11 is -1.03. The Balaban J connectivity index is 2.00. The van der Waals surface area contributed by atoms with Gasteiger partial charge in [0.2, 0.25) is 0 Å². The van der Waals surface area contributed by atoms with Gasteiger partial charge in [0.15, 0.2) is 0 Å². The molecular formula is C15H21NO2S. The minimum absolute atomic E-state index is 0.160. The van der Waals surface area contributed by atoms with Gasteiger partial charge in [-0.2, -0.15) is 0 Å². The van der Waals surface area contributed by atoms with Crippen LogP contribution in [-0.4, -0.2) is 15.3 Å².